The molecule has 0 aliphatic heterocycles. The quantitative estimate of drug-likeness (QED) is 0.172. The SMILES string of the molecule is Cn1c(=O)n(C)c2cc(-c3cccc(-c4nc(-c5ccccc5)nc(-c5cc(-c6ccccc6)cc(-c6ccc7oc8ccccc8c7c6)c5)n4)c3)ccc21. The van der Waals surface area contributed by atoms with Crippen LogP contribution in [0.15, 0.2) is 173 Å². The number of imidazole rings is 1. The van der Waals surface area contributed by atoms with Gasteiger partial charge in [0, 0.05) is 41.6 Å². The highest BCUT2D eigenvalue weighted by Gasteiger charge is 2.17. The molecular weight excluding hydrogens is 679 g/mol. The molecular formula is C48H33N5O2. The minimum atomic E-state index is -0.0536. The molecule has 0 saturated carbocycles. The van der Waals surface area contributed by atoms with Gasteiger partial charge in [-0.15, -0.1) is 0 Å². The molecule has 0 spiro atoms. The Morgan fingerprint density at radius 1 is 0.382 bits per heavy atom. The molecule has 0 N–H and O–H groups in total. The molecule has 0 aliphatic rings. The van der Waals surface area contributed by atoms with Gasteiger partial charge in [0.1, 0.15) is 11.2 Å². The van der Waals surface area contributed by atoms with E-state index in [0.29, 0.717) is 17.5 Å². The predicted octanol–water partition coefficient (Wildman–Crippen LogP) is 11.0. The van der Waals surface area contributed by atoms with Crippen molar-refractivity contribution in [1.82, 2.24) is 24.1 Å². The van der Waals surface area contributed by atoms with Crippen LogP contribution in [0, 0.1) is 0 Å². The molecule has 0 aliphatic carbocycles. The van der Waals surface area contributed by atoms with Crippen LogP contribution >= 0.6 is 0 Å². The number of furan rings is 1. The fraction of sp³-hybridized carbons (Fsp3) is 0.0417. The molecule has 0 radical (unpaired) electrons. The fourth-order valence-electron chi connectivity index (χ4n) is 7.50. The second kappa shape index (κ2) is 12.9. The minimum Gasteiger partial charge on any atom is -0.456 e. The smallest absolute Gasteiger partial charge is 0.328 e. The van der Waals surface area contributed by atoms with Gasteiger partial charge in [-0.25, -0.2) is 19.7 Å². The molecule has 10 aromatic rings. The van der Waals surface area contributed by atoms with Crippen LogP contribution in [-0.2, 0) is 14.1 Å². The summed E-state index contributed by atoms with van der Waals surface area (Å²) in [6, 6.07) is 55.8. The summed E-state index contributed by atoms with van der Waals surface area (Å²) in [5, 5.41) is 2.16. The molecule has 0 fully saturated rings. The average molecular weight is 712 g/mol. The molecule has 0 saturated heterocycles. The lowest BCUT2D eigenvalue weighted by Crippen LogP contribution is -2.19. The molecule has 0 atom stereocenters. The van der Waals surface area contributed by atoms with E-state index in [2.05, 4.69) is 91.0 Å². The number of hydrogen-bond donors (Lipinski definition) is 0. The largest absolute Gasteiger partial charge is 0.456 e. The first-order chi connectivity index (χ1) is 27.0. The molecule has 7 nitrogen and oxygen atoms in total. The first-order valence-corrected chi connectivity index (χ1v) is 18.2. The topological polar surface area (TPSA) is 78.7 Å². The van der Waals surface area contributed by atoms with Crippen molar-refractivity contribution in [1.29, 1.82) is 0 Å². The van der Waals surface area contributed by atoms with Gasteiger partial charge in [0.2, 0.25) is 0 Å². The Morgan fingerprint density at radius 3 is 1.67 bits per heavy atom. The second-order valence-corrected chi connectivity index (χ2v) is 13.8. The summed E-state index contributed by atoms with van der Waals surface area (Å²) in [6.07, 6.45) is 0. The Morgan fingerprint density at radius 2 is 0.891 bits per heavy atom. The monoisotopic (exact) mass is 711 g/mol. The highest BCUT2D eigenvalue weighted by Crippen LogP contribution is 2.37. The number of aromatic nitrogens is 5. The zero-order valence-corrected chi connectivity index (χ0v) is 30.1. The van der Waals surface area contributed by atoms with Crippen molar-refractivity contribution >= 4 is 33.0 Å². The van der Waals surface area contributed by atoms with Crippen LogP contribution < -0.4 is 5.69 Å². The van der Waals surface area contributed by atoms with E-state index in [1.54, 1.807) is 23.2 Å². The first-order valence-electron chi connectivity index (χ1n) is 18.2. The van der Waals surface area contributed by atoms with Gasteiger partial charge in [0.05, 0.1) is 11.0 Å². The van der Waals surface area contributed by atoms with Crippen LogP contribution in [0.25, 0.3) is 101 Å². The third-order valence-electron chi connectivity index (χ3n) is 10.4. The van der Waals surface area contributed by atoms with Crippen molar-refractivity contribution in [3.05, 3.63) is 174 Å². The molecule has 0 bridgehead atoms. The number of para-hydroxylation sites is 1. The summed E-state index contributed by atoms with van der Waals surface area (Å²) >= 11 is 0. The van der Waals surface area contributed by atoms with Crippen molar-refractivity contribution in [3.8, 4) is 67.5 Å². The first kappa shape index (κ1) is 32.3. The van der Waals surface area contributed by atoms with Gasteiger partial charge in [0.25, 0.3) is 0 Å². The summed E-state index contributed by atoms with van der Waals surface area (Å²) in [6.45, 7) is 0. The lowest BCUT2D eigenvalue weighted by atomic mass is 9.95. The van der Waals surface area contributed by atoms with Crippen molar-refractivity contribution in [3.63, 3.8) is 0 Å². The standard InChI is InChI=1S/C48H33N5O2/c1-52-41-22-20-34(29-42(41)53(2)48(52)54)32-16-11-17-35(24-32)46-49-45(31-14-7-4-8-15-31)50-47(51-46)38-26-36(30-12-5-3-6-13-30)25-37(27-38)33-21-23-44-40(28-33)39-18-9-10-19-43(39)55-44/h3-29H,1-2H3. The van der Waals surface area contributed by atoms with E-state index in [4.69, 9.17) is 19.4 Å². The Bertz CT molecular complexity index is 3140. The highest BCUT2D eigenvalue weighted by atomic mass is 16.3. The van der Waals surface area contributed by atoms with Crippen molar-refractivity contribution in [2.24, 2.45) is 14.1 Å². The van der Waals surface area contributed by atoms with Crippen LogP contribution in [0.2, 0.25) is 0 Å². The average Bonchev–Trinajstić information content (AvgIpc) is 3.73. The van der Waals surface area contributed by atoms with E-state index in [1.165, 1.54) is 0 Å². The Hall–Kier alpha value is -7.38. The van der Waals surface area contributed by atoms with Crippen molar-refractivity contribution in [2.75, 3.05) is 0 Å². The molecule has 0 amide bonds. The zero-order valence-electron chi connectivity index (χ0n) is 30.1. The number of hydrogen-bond acceptors (Lipinski definition) is 5. The van der Waals surface area contributed by atoms with Crippen LogP contribution in [0.5, 0.6) is 0 Å². The van der Waals surface area contributed by atoms with Gasteiger partial charge in [0.15, 0.2) is 17.5 Å². The summed E-state index contributed by atoms with van der Waals surface area (Å²) in [5.41, 5.74) is 12.3. The maximum atomic E-state index is 12.7. The Balaban J connectivity index is 1.15. The Labute approximate surface area is 316 Å². The lowest BCUT2D eigenvalue weighted by molar-refractivity contribution is 0.669. The van der Waals surface area contributed by atoms with E-state index >= 15 is 0 Å². The van der Waals surface area contributed by atoms with E-state index in [9.17, 15) is 4.79 Å². The number of aryl methyl sites for hydroxylation is 2. The van der Waals surface area contributed by atoms with Gasteiger partial charge >= 0.3 is 5.69 Å². The molecule has 55 heavy (non-hydrogen) atoms. The van der Waals surface area contributed by atoms with E-state index < -0.39 is 0 Å². The van der Waals surface area contributed by atoms with Gasteiger partial charge in [-0.2, -0.15) is 0 Å². The van der Waals surface area contributed by atoms with Crippen LogP contribution in [0.4, 0.5) is 0 Å². The predicted molar refractivity (Wildman–Crippen MR) is 221 cm³/mol. The molecule has 7 heteroatoms. The normalized spacial score (nSPS) is 11.5. The number of nitrogens with zero attached hydrogens (tertiary/aromatic N) is 5. The summed E-state index contributed by atoms with van der Waals surface area (Å²) in [5.74, 6) is 1.73. The third kappa shape index (κ3) is 5.70. The summed E-state index contributed by atoms with van der Waals surface area (Å²) in [4.78, 5) is 28.0. The highest BCUT2D eigenvalue weighted by molar-refractivity contribution is 6.06. The zero-order chi connectivity index (χ0) is 37.0. The van der Waals surface area contributed by atoms with Gasteiger partial charge in [-0.1, -0.05) is 109 Å². The molecule has 262 valence electrons. The number of benzene rings is 7. The molecule has 10 rings (SSSR count). The molecule has 3 heterocycles. The van der Waals surface area contributed by atoms with Crippen LogP contribution in [0.1, 0.15) is 0 Å². The van der Waals surface area contributed by atoms with Crippen molar-refractivity contribution in [2.45, 2.75) is 0 Å². The number of rotatable bonds is 6. The maximum absolute atomic E-state index is 12.7. The van der Waals surface area contributed by atoms with Gasteiger partial charge in [-0.05, 0) is 88.0 Å². The fourth-order valence-corrected chi connectivity index (χ4v) is 7.50. The molecule has 7 aromatic carbocycles. The van der Waals surface area contributed by atoms with Gasteiger partial charge in [-0.3, -0.25) is 9.13 Å². The van der Waals surface area contributed by atoms with E-state index in [-0.39, 0.29) is 5.69 Å². The van der Waals surface area contributed by atoms with Crippen LogP contribution in [0.3, 0.4) is 0 Å². The maximum Gasteiger partial charge on any atom is 0.328 e. The molecule has 3 aromatic heterocycles. The number of fused-ring (bicyclic) bond motifs is 4. The van der Waals surface area contributed by atoms with Crippen molar-refractivity contribution < 1.29 is 4.42 Å². The summed E-state index contributed by atoms with van der Waals surface area (Å²) in [7, 11) is 3.60. The third-order valence-corrected chi connectivity index (χ3v) is 10.4. The Kier molecular flexibility index (Phi) is 7.59. The minimum absolute atomic E-state index is 0.0536. The van der Waals surface area contributed by atoms with E-state index in [1.807, 2.05) is 72.8 Å². The van der Waals surface area contributed by atoms with Gasteiger partial charge < -0.3 is 4.42 Å². The lowest BCUT2D eigenvalue weighted by Gasteiger charge is -2.13. The van der Waals surface area contributed by atoms with E-state index in [0.717, 1.165) is 83.0 Å². The molecule has 0 unspecified atom stereocenters. The van der Waals surface area contributed by atoms with Crippen LogP contribution in [-0.4, -0.2) is 24.1 Å². The second-order valence-electron chi connectivity index (χ2n) is 13.8. The summed E-state index contributed by atoms with van der Waals surface area (Å²) < 4.78 is 9.52.